The first-order valence-corrected chi connectivity index (χ1v) is 8.39. The Morgan fingerprint density at radius 2 is 2.13 bits per heavy atom. The van der Waals surface area contributed by atoms with Crippen LogP contribution in [0.2, 0.25) is 0 Å². The number of pyridine rings is 1. The van der Waals surface area contributed by atoms with Crippen molar-refractivity contribution < 1.29 is 4.79 Å². The average molecular weight is 313 g/mol. The van der Waals surface area contributed by atoms with Crippen LogP contribution in [0.1, 0.15) is 55.4 Å². The molecule has 2 aromatic rings. The first-order valence-electron chi connectivity index (χ1n) is 8.39. The summed E-state index contributed by atoms with van der Waals surface area (Å²) in [7, 11) is 0. The summed E-state index contributed by atoms with van der Waals surface area (Å²) in [6.45, 7) is 9.51. The normalized spacial score (nSPS) is 11.2. The van der Waals surface area contributed by atoms with Crippen LogP contribution in [0.3, 0.4) is 0 Å². The number of rotatable bonds is 7. The molecule has 4 nitrogen and oxygen atoms in total. The van der Waals surface area contributed by atoms with Gasteiger partial charge in [0.25, 0.3) is 5.91 Å². The standard InChI is InChI=1S/C19H27N3O/c1-5-7-16-18(15-8-6-10-21-12-15)17(19(20)23)14(4)22(16)11-9-13(2)3/h6,8,10,12-13H,5,7,9,11H2,1-4H3,(H2,20,23). The van der Waals surface area contributed by atoms with E-state index in [0.717, 1.165) is 42.6 Å². The van der Waals surface area contributed by atoms with Crippen molar-refractivity contribution in [2.45, 2.75) is 53.5 Å². The minimum atomic E-state index is -0.359. The maximum Gasteiger partial charge on any atom is 0.251 e. The van der Waals surface area contributed by atoms with Crippen molar-refractivity contribution in [3.8, 4) is 11.1 Å². The molecule has 4 heteroatoms. The molecule has 0 aliphatic carbocycles. The van der Waals surface area contributed by atoms with Crippen LogP contribution in [0.5, 0.6) is 0 Å². The maximum absolute atomic E-state index is 12.1. The molecule has 2 N–H and O–H groups in total. The van der Waals surface area contributed by atoms with Gasteiger partial charge in [-0.05, 0) is 31.7 Å². The van der Waals surface area contributed by atoms with E-state index in [1.807, 2.05) is 25.3 Å². The number of hydrogen-bond acceptors (Lipinski definition) is 2. The predicted octanol–water partition coefficient (Wildman–Crippen LogP) is 3.96. The zero-order valence-electron chi connectivity index (χ0n) is 14.6. The van der Waals surface area contributed by atoms with E-state index in [0.29, 0.717) is 11.5 Å². The number of aromatic nitrogens is 2. The van der Waals surface area contributed by atoms with Gasteiger partial charge in [0.2, 0.25) is 0 Å². The third-order valence-electron chi connectivity index (χ3n) is 4.24. The number of amides is 1. The fraction of sp³-hybridized carbons (Fsp3) is 0.474. The van der Waals surface area contributed by atoms with Gasteiger partial charge in [-0.15, -0.1) is 0 Å². The lowest BCUT2D eigenvalue weighted by molar-refractivity contribution is 0.1000. The molecule has 0 saturated carbocycles. The molecular formula is C19H27N3O. The van der Waals surface area contributed by atoms with Crippen LogP contribution < -0.4 is 5.73 Å². The monoisotopic (exact) mass is 313 g/mol. The van der Waals surface area contributed by atoms with E-state index in [1.54, 1.807) is 6.20 Å². The van der Waals surface area contributed by atoms with E-state index >= 15 is 0 Å². The van der Waals surface area contributed by atoms with Crippen LogP contribution in [0, 0.1) is 12.8 Å². The Balaban J connectivity index is 2.66. The minimum Gasteiger partial charge on any atom is -0.366 e. The largest absolute Gasteiger partial charge is 0.366 e. The first-order chi connectivity index (χ1) is 11.0. The number of carbonyl (C=O) groups is 1. The SMILES string of the molecule is CCCc1c(-c2cccnc2)c(C(N)=O)c(C)n1CCC(C)C. The van der Waals surface area contributed by atoms with Crippen LogP contribution >= 0.6 is 0 Å². The van der Waals surface area contributed by atoms with E-state index in [4.69, 9.17) is 5.73 Å². The van der Waals surface area contributed by atoms with Gasteiger partial charge in [-0.2, -0.15) is 0 Å². The Bertz CT molecular complexity index is 672. The molecule has 0 spiro atoms. The molecule has 23 heavy (non-hydrogen) atoms. The topological polar surface area (TPSA) is 60.9 Å². The zero-order valence-corrected chi connectivity index (χ0v) is 14.6. The van der Waals surface area contributed by atoms with Crippen molar-refractivity contribution >= 4 is 5.91 Å². The van der Waals surface area contributed by atoms with Crippen LogP contribution in [-0.2, 0) is 13.0 Å². The lowest BCUT2D eigenvalue weighted by atomic mass is 9.99. The van der Waals surface area contributed by atoms with E-state index < -0.39 is 0 Å². The molecule has 0 saturated heterocycles. The molecule has 2 heterocycles. The van der Waals surface area contributed by atoms with Crippen molar-refractivity contribution in [2.75, 3.05) is 0 Å². The lowest BCUT2D eigenvalue weighted by Gasteiger charge is -2.14. The van der Waals surface area contributed by atoms with Crippen LogP contribution in [0.4, 0.5) is 0 Å². The quantitative estimate of drug-likeness (QED) is 0.841. The molecule has 0 radical (unpaired) electrons. The minimum absolute atomic E-state index is 0.359. The molecule has 0 bridgehead atoms. The van der Waals surface area contributed by atoms with Crippen molar-refractivity contribution in [3.05, 3.63) is 41.5 Å². The molecule has 0 aliphatic heterocycles. The highest BCUT2D eigenvalue weighted by molar-refractivity contribution is 6.02. The number of hydrogen-bond donors (Lipinski definition) is 1. The fourth-order valence-electron chi connectivity index (χ4n) is 3.11. The van der Waals surface area contributed by atoms with Gasteiger partial charge in [0.05, 0.1) is 5.56 Å². The Labute approximate surface area is 138 Å². The summed E-state index contributed by atoms with van der Waals surface area (Å²) in [6.07, 6.45) is 6.59. The Morgan fingerprint density at radius 1 is 1.39 bits per heavy atom. The number of nitrogens with zero attached hydrogens (tertiary/aromatic N) is 2. The van der Waals surface area contributed by atoms with Gasteiger partial charge in [-0.25, -0.2) is 0 Å². The molecule has 124 valence electrons. The molecule has 0 aromatic carbocycles. The van der Waals surface area contributed by atoms with Crippen LogP contribution in [-0.4, -0.2) is 15.5 Å². The van der Waals surface area contributed by atoms with E-state index in [9.17, 15) is 4.79 Å². The van der Waals surface area contributed by atoms with Gasteiger partial charge < -0.3 is 10.3 Å². The lowest BCUT2D eigenvalue weighted by Crippen LogP contribution is -2.13. The summed E-state index contributed by atoms with van der Waals surface area (Å²) >= 11 is 0. The van der Waals surface area contributed by atoms with Crippen molar-refractivity contribution in [1.82, 2.24) is 9.55 Å². The van der Waals surface area contributed by atoms with E-state index in [1.165, 1.54) is 5.69 Å². The average Bonchev–Trinajstić information content (AvgIpc) is 2.79. The number of nitrogens with two attached hydrogens (primary N) is 1. The second-order valence-corrected chi connectivity index (χ2v) is 6.47. The highest BCUT2D eigenvalue weighted by atomic mass is 16.1. The molecule has 2 rings (SSSR count). The summed E-state index contributed by atoms with van der Waals surface area (Å²) in [5, 5.41) is 0. The summed E-state index contributed by atoms with van der Waals surface area (Å²) in [5.41, 5.74) is 10.5. The smallest absolute Gasteiger partial charge is 0.251 e. The van der Waals surface area contributed by atoms with Crippen LogP contribution in [0.15, 0.2) is 24.5 Å². The maximum atomic E-state index is 12.1. The summed E-state index contributed by atoms with van der Waals surface area (Å²) < 4.78 is 2.28. The van der Waals surface area contributed by atoms with E-state index in [2.05, 4.69) is 30.3 Å². The van der Waals surface area contributed by atoms with Gasteiger partial charge in [0.15, 0.2) is 0 Å². The molecule has 0 unspecified atom stereocenters. The van der Waals surface area contributed by atoms with Crippen LogP contribution in [0.25, 0.3) is 11.1 Å². The first kappa shape index (κ1) is 17.3. The molecular weight excluding hydrogens is 286 g/mol. The Hall–Kier alpha value is -2.10. The fourth-order valence-corrected chi connectivity index (χ4v) is 3.11. The summed E-state index contributed by atoms with van der Waals surface area (Å²) in [4.78, 5) is 16.3. The van der Waals surface area contributed by atoms with Gasteiger partial charge in [0, 0.05) is 41.5 Å². The second kappa shape index (κ2) is 7.44. The van der Waals surface area contributed by atoms with Crippen molar-refractivity contribution in [2.24, 2.45) is 11.7 Å². The number of carbonyl (C=O) groups excluding carboxylic acids is 1. The molecule has 1 amide bonds. The Morgan fingerprint density at radius 3 is 2.65 bits per heavy atom. The van der Waals surface area contributed by atoms with Gasteiger partial charge in [0.1, 0.15) is 0 Å². The molecule has 2 aromatic heterocycles. The molecule has 0 aliphatic rings. The number of primary amides is 1. The second-order valence-electron chi connectivity index (χ2n) is 6.47. The molecule has 0 fully saturated rings. The highest BCUT2D eigenvalue weighted by Crippen LogP contribution is 2.33. The predicted molar refractivity (Wildman–Crippen MR) is 94.4 cm³/mol. The van der Waals surface area contributed by atoms with E-state index in [-0.39, 0.29) is 5.91 Å². The third kappa shape index (κ3) is 3.63. The zero-order chi connectivity index (χ0) is 17.0. The Kier molecular flexibility index (Phi) is 5.59. The van der Waals surface area contributed by atoms with Gasteiger partial charge >= 0.3 is 0 Å². The summed E-state index contributed by atoms with van der Waals surface area (Å²) in [5.74, 6) is 0.257. The van der Waals surface area contributed by atoms with Gasteiger partial charge in [-0.3, -0.25) is 9.78 Å². The van der Waals surface area contributed by atoms with Crippen molar-refractivity contribution in [3.63, 3.8) is 0 Å². The third-order valence-corrected chi connectivity index (χ3v) is 4.24. The summed E-state index contributed by atoms with van der Waals surface area (Å²) in [6, 6.07) is 3.90. The van der Waals surface area contributed by atoms with Crippen molar-refractivity contribution in [1.29, 1.82) is 0 Å². The molecule has 0 atom stereocenters. The van der Waals surface area contributed by atoms with Gasteiger partial charge in [-0.1, -0.05) is 33.3 Å². The highest BCUT2D eigenvalue weighted by Gasteiger charge is 2.24.